The molecule has 2 nitrogen and oxygen atoms in total. The van der Waals surface area contributed by atoms with E-state index in [0.29, 0.717) is 0 Å². The minimum absolute atomic E-state index is 0.954. The number of fused-ring (bicyclic) bond motifs is 3. The molecule has 0 saturated carbocycles. The number of anilines is 3. The number of hydrogen-bond acceptors (Lipinski definition) is 1. The number of nitrogens with zero attached hydrogens (tertiary/aromatic N) is 2. The van der Waals surface area contributed by atoms with Gasteiger partial charge in [-0.2, -0.15) is 0 Å². The fraction of sp³-hybridized carbons (Fsp3) is 0.0526. The summed E-state index contributed by atoms with van der Waals surface area (Å²) in [4.78, 5) is 2.35. The second kappa shape index (κ2) is 10.2. The monoisotopic (exact) mass is 514 g/mol. The van der Waals surface area contributed by atoms with E-state index < -0.39 is 0 Å². The lowest BCUT2D eigenvalue weighted by Crippen LogP contribution is -2.09. The number of rotatable bonds is 5. The van der Waals surface area contributed by atoms with Gasteiger partial charge in [0, 0.05) is 33.5 Å². The molecule has 0 radical (unpaired) electrons. The van der Waals surface area contributed by atoms with Crippen molar-refractivity contribution in [1.29, 1.82) is 0 Å². The zero-order valence-electron chi connectivity index (χ0n) is 22.5. The van der Waals surface area contributed by atoms with Gasteiger partial charge in [-0.25, -0.2) is 0 Å². The number of benzene rings is 5. The Morgan fingerprint density at radius 1 is 0.575 bits per heavy atom. The molecule has 0 amide bonds. The quantitative estimate of drug-likeness (QED) is 0.222. The maximum absolute atomic E-state index is 2.38. The lowest BCUT2D eigenvalue weighted by molar-refractivity contribution is 1.23. The van der Waals surface area contributed by atoms with E-state index in [0.717, 1.165) is 23.5 Å². The number of allylic oxidation sites excluding steroid dienone is 6. The third kappa shape index (κ3) is 4.34. The normalized spacial score (nSPS) is 13.0. The summed E-state index contributed by atoms with van der Waals surface area (Å²) < 4.78 is 2.38. The Balaban J connectivity index is 1.38. The van der Waals surface area contributed by atoms with Crippen LogP contribution in [0.15, 0.2) is 152 Å². The van der Waals surface area contributed by atoms with E-state index in [9.17, 15) is 0 Å². The molecule has 1 aromatic heterocycles. The van der Waals surface area contributed by atoms with E-state index in [1.165, 1.54) is 44.2 Å². The second-order valence-electron chi connectivity index (χ2n) is 10.3. The zero-order valence-corrected chi connectivity index (χ0v) is 22.5. The minimum Gasteiger partial charge on any atom is -0.310 e. The van der Waals surface area contributed by atoms with Crippen molar-refractivity contribution in [3.05, 3.63) is 157 Å². The first-order valence-corrected chi connectivity index (χ1v) is 13.9. The maximum atomic E-state index is 2.38. The highest BCUT2D eigenvalue weighted by Gasteiger charge is 2.17. The van der Waals surface area contributed by atoms with Gasteiger partial charge in [0.15, 0.2) is 0 Å². The molecule has 40 heavy (non-hydrogen) atoms. The molecule has 0 N–H and O–H groups in total. The van der Waals surface area contributed by atoms with Crippen LogP contribution in [0.25, 0.3) is 38.6 Å². The smallest absolute Gasteiger partial charge is 0.0542 e. The summed E-state index contributed by atoms with van der Waals surface area (Å²) in [5.41, 5.74) is 10.7. The molecule has 0 fully saturated rings. The van der Waals surface area contributed by atoms with Crippen LogP contribution in [0, 0.1) is 6.92 Å². The fourth-order valence-corrected chi connectivity index (χ4v) is 5.67. The van der Waals surface area contributed by atoms with E-state index in [2.05, 4.69) is 168 Å². The van der Waals surface area contributed by atoms with Crippen LogP contribution in [0.2, 0.25) is 0 Å². The van der Waals surface area contributed by atoms with Gasteiger partial charge in [-0.1, -0.05) is 96.6 Å². The van der Waals surface area contributed by atoms with Crippen molar-refractivity contribution in [1.82, 2.24) is 4.57 Å². The van der Waals surface area contributed by atoms with Gasteiger partial charge in [0.2, 0.25) is 0 Å². The van der Waals surface area contributed by atoms with Crippen LogP contribution < -0.4 is 4.90 Å². The Labute approximate surface area is 235 Å². The highest BCUT2D eigenvalue weighted by Crippen LogP contribution is 2.40. The molecule has 6 aromatic rings. The Bertz CT molecular complexity index is 1900. The van der Waals surface area contributed by atoms with Gasteiger partial charge in [-0.15, -0.1) is 0 Å². The minimum atomic E-state index is 0.954. The SMILES string of the molecule is Cc1ccc(-c2ccc(N(c3ccccc3)c3ccc4c(c3)c3ccccc3n4C3=CC=CCC=C3)cc2)cc1. The predicted octanol–water partition coefficient (Wildman–Crippen LogP) is 10.6. The summed E-state index contributed by atoms with van der Waals surface area (Å²) in [6.45, 7) is 2.13. The van der Waals surface area contributed by atoms with Crippen molar-refractivity contribution in [2.45, 2.75) is 13.3 Å². The van der Waals surface area contributed by atoms with E-state index >= 15 is 0 Å². The topological polar surface area (TPSA) is 8.17 Å². The third-order valence-corrected chi connectivity index (χ3v) is 7.66. The van der Waals surface area contributed by atoms with Gasteiger partial charge in [0.05, 0.1) is 11.0 Å². The molecule has 0 unspecified atom stereocenters. The molecule has 0 atom stereocenters. The van der Waals surface area contributed by atoms with Crippen molar-refractivity contribution < 1.29 is 0 Å². The Morgan fingerprint density at radius 2 is 1.23 bits per heavy atom. The molecular weight excluding hydrogens is 484 g/mol. The van der Waals surface area contributed by atoms with E-state index in [-0.39, 0.29) is 0 Å². The van der Waals surface area contributed by atoms with Crippen LogP contribution in [0.1, 0.15) is 12.0 Å². The molecule has 2 heteroatoms. The summed E-state index contributed by atoms with van der Waals surface area (Å²) in [5, 5.41) is 2.50. The van der Waals surface area contributed by atoms with Crippen LogP contribution >= 0.6 is 0 Å². The van der Waals surface area contributed by atoms with E-state index in [4.69, 9.17) is 0 Å². The Hall–Kier alpha value is -5.08. The first-order chi connectivity index (χ1) is 19.8. The average Bonchev–Trinajstić information content (AvgIpc) is 3.12. The first kappa shape index (κ1) is 24.0. The Morgan fingerprint density at radius 3 is 2.02 bits per heavy atom. The average molecular weight is 515 g/mol. The molecule has 1 heterocycles. The van der Waals surface area contributed by atoms with Gasteiger partial charge in [0.25, 0.3) is 0 Å². The van der Waals surface area contributed by atoms with Crippen LogP contribution in [0.4, 0.5) is 17.1 Å². The fourth-order valence-electron chi connectivity index (χ4n) is 5.67. The maximum Gasteiger partial charge on any atom is 0.0542 e. The highest BCUT2D eigenvalue weighted by molar-refractivity contribution is 6.11. The number of aromatic nitrogens is 1. The second-order valence-corrected chi connectivity index (χ2v) is 10.3. The molecule has 7 rings (SSSR count). The number of hydrogen-bond donors (Lipinski definition) is 0. The first-order valence-electron chi connectivity index (χ1n) is 13.9. The van der Waals surface area contributed by atoms with Crippen molar-refractivity contribution in [2.75, 3.05) is 4.90 Å². The molecule has 5 aromatic carbocycles. The van der Waals surface area contributed by atoms with Crippen molar-refractivity contribution in [2.24, 2.45) is 0 Å². The predicted molar refractivity (Wildman–Crippen MR) is 171 cm³/mol. The van der Waals surface area contributed by atoms with Crippen LogP contribution in [0.3, 0.4) is 0 Å². The summed E-state index contributed by atoms with van der Waals surface area (Å²) in [6.07, 6.45) is 12.0. The van der Waals surface area contributed by atoms with Gasteiger partial charge >= 0.3 is 0 Å². The largest absolute Gasteiger partial charge is 0.310 e. The summed E-state index contributed by atoms with van der Waals surface area (Å²) in [6, 6.07) is 43.8. The number of para-hydroxylation sites is 2. The third-order valence-electron chi connectivity index (χ3n) is 7.66. The molecule has 1 aliphatic carbocycles. The number of aryl methyl sites for hydroxylation is 1. The van der Waals surface area contributed by atoms with E-state index in [1.807, 2.05) is 0 Å². The van der Waals surface area contributed by atoms with Crippen molar-refractivity contribution in [3.63, 3.8) is 0 Å². The molecule has 192 valence electrons. The van der Waals surface area contributed by atoms with Gasteiger partial charge in [-0.05, 0) is 85.2 Å². The summed E-state index contributed by atoms with van der Waals surface area (Å²) >= 11 is 0. The lowest BCUT2D eigenvalue weighted by atomic mass is 10.0. The van der Waals surface area contributed by atoms with Crippen molar-refractivity contribution in [3.8, 4) is 11.1 Å². The zero-order chi connectivity index (χ0) is 26.9. The molecule has 0 spiro atoms. The Kier molecular flexibility index (Phi) is 6.14. The summed E-state index contributed by atoms with van der Waals surface area (Å²) in [5.74, 6) is 0. The summed E-state index contributed by atoms with van der Waals surface area (Å²) in [7, 11) is 0. The standard InChI is InChI=1S/C38H30N2/c1-28-17-19-29(20-18-28)30-21-23-33(24-22-30)39(31-11-7-4-8-12-31)34-25-26-38-36(27-34)35-15-9-10-16-37(35)40(38)32-13-5-2-3-6-14-32/h2,4-27H,3H2,1H3. The van der Waals surface area contributed by atoms with Crippen LogP contribution in [0.5, 0.6) is 0 Å². The molecular formula is C38H30N2. The lowest BCUT2D eigenvalue weighted by Gasteiger charge is -2.26. The van der Waals surface area contributed by atoms with Crippen molar-refractivity contribution >= 4 is 44.6 Å². The van der Waals surface area contributed by atoms with Gasteiger partial charge < -0.3 is 9.47 Å². The van der Waals surface area contributed by atoms with Gasteiger partial charge in [0.1, 0.15) is 0 Å². The molecule has 0 aliphatic heterocycles. The highest BCUT2D eigenvalue weighted by atomic mass is 15.1. The van der Waals surface area contributed by atoms with Crippen LogP contribution in [-0.4, -0.2) is 4.57 Å². The molecule has 0 saturated heterocycles. The van der Waals surface area contributed by atoms with Crippen LogP contribution in [-0.2, 0) is 0 Å². The van der Waals surface area contributed by atoms with E-state index in [1.54, 1.807) is 0 Å². The van der Waals surface area contributed by atoms with Gasteiger partial charge in [-0.3, -0.25) is 0 Å². The molecule has 0 bridgehead atoms. The molecule has 1 aliphatic rings.